The first-order valence-corrected chi connectivity index (χ1v) is 12.8. The van der Waals surface area contributed by atoms with Crippen LogP contribution in [0.2, 0.25) is 5.02 Å². The topological polar surface area (TPSA) is 35.6 Å². The Hall–Kier alpha value is -3.67. The van der Waals surface area contributed by atoms with E-state index in [-0.39, 0.29) is 0 Å². The van der Waals surface area contributed by atoms with Crippen LogP contribution in [-0.4, -0.2) is 19.6 Å². The molecule has 0 aliphatic heterocycles. The molecule has 0 aliphatic rings. The van der Waals surface area contributed by atoms with Gasteiger partial charge in [0, 0.05) is 28.7 Å². The van der Waals surface area contributed by atoms with Crippen molar-refractivity contribution in [1.82, 2.24) is 19.6 Å². The number of nitrogens with zero attached hydrogens (tertiary/aromatic N) is 4. The van der Waals surface area contributed by atoms with Gasteiger partial charge in [-0.3, -0.25) is 4.68 Å². The summed E-state index contributed by atoms with van der Waals surface area (Å²) in [6.07, 6.45) is 3.84. The molecule has 0 fully saturated rings. The van der Waals surface area contributed by atoms with Gasteiger partial charge in [-0.05, 0) is 44.8 Å². The lowest BCUT2D eigenvalue weighted by molar-refractivity contribution is 0.477. The summed E-state index contributed by atoms with van der Waals surface area (Å²) in [6, 6.07) is 35.6. The Morgan fingerprint density at radius 2 is 1.31 bits per heavy atom. The van der Waals surface area contributed by atoms with Crippen molar-refractivity contribution in [2.45, 2.75) is 5.54 Å². The Kier molecular flexibility index (Phi) is 5.75. The number of fused-ring (bicyclic) bond motifs is 1. The summed E-state index contributed by atoms with van der Waals surface area (Å²) in [5.74, 6) is 0. The maximum Gasteiger partial charge on any atom is 0.138 e. The maximum atomic E-state index is 6.70. The van der Waals surface area contributed by atoms with E-state index >= 15 is 0 Å². The van der Waals surface area contributed by atoms with Gasteiger partial charge in [-0.2, -0.15) is 10.2 Å². The zero-order valence-electron chi connectivity index (χ0n) is 19.5. The van der Waals surface area contributed by atoms with Crippen LogP contribution in [0.15, 0.2) is 120 Å². The second-order valence-electron chi connectivity index (χ2n) is 8.76. The molecule has 0 spiro atoms. The lowest BCUT2D eigenvalue weighted by atomic mass is 9.77. The zero-order chi connectivity index (χ0) is 24.7. The minimum absolute atomic E-state index is 0.629. The minimum Gasteiger partial charge on any atom is -0.275 e. The summed E-state index contributed by atoms with van der Waals surface area (Å²) in [6.45, 7) is 0. The van der Waals surface area contributed by atoms with Gasteiger partial charge in [0.2, 0.25) is 0 Å². The first-order valence-electron chi connectivity index (χ1n) is 11.6. The molecule has 2 aromatic heterocycles. The fraction of sp³-hybridized carbons (Fsp3) is 0.0667. The average molecular weight is 554 g/mol. The summed E-state index contributed by atoms with van der Waals surface area (Å²) in [5, 5.41) is 11.4. The third-order valence-electron chi connectivity index (χ3n) is 6.59. The quantitative estimate of drug-likeness (QED) is 0.205. The van der Waals surface area contributed by atoms with Gasteiger partial charge in [-0.1, -0.05) is 103 Å². The summed E-state index contributed by atoms with van der Waals surface area (Å²) < 4.78 is 4.75. The van der Waals surface area contributed by atoms with Crippen molar-refractivity contribution >= 4 is 38.4 Å². The molecule has 4 aromatic carbocycles. The van der Waals surface area contributed by atoms with E-state index in [0.29, 0.717) is 5.02 Å². The van der Waals surface area contributed by atoms with E-state index in [4.69, 9.17) is 16.7 Å². The van der Waals surface area contributed by atoms with Crippen LogP contribution < -0.4 is 0 Å². The van der Waals surface area contributed by atoms with E-state index in [2.05, 4.69) is 105 Å². The molecule has 0 atom stereocenters. The Labute approximate surface area is 222 Å². The first-order chi connectivity index (χ1) is 17.6. The van der Waals surface area contributed by atoms with Crippen molar-refractivity contribution in [2.75, 3.05) is 0 Å². The van der Waals surface area contributed by atoms with Crippen LogP contribution >= 0.6 is 27.5 Å². The summed E-state index contributed by atoms with van der Waals surface area (Å²) in [7, 11) is 1.91. The largest absolute Gasteiger partial charge is 0.275 e. The maximum absolute atomic E-state index is 6.70. The molecule has 36 heavy (non-hydrogen) atoms. The van der Waals surface area contributed by atoms with Gasteiger partial charge in [0.25, 0.3) is 0 Å². The van der Waals surface area contributed by atoms with Crippen LogP contribution in [0.25, 0.3) is 22.2 Å². The standard InChI is InChI=1S/C30H22BrClN4/c1-35-20-21(19-33-35)29-25-17-26(31)27(32)18-28(25)36(34-29)30(22-11-5-2-6-12-22,23-13-7-3-8-14-23)24-15-9-4-10-16-24/h2-20H,1H3. The molecule has 6 rings (SSSR count). The van der Waals surface area contributed by atoms with Crippen LogP contribution in [0.4, 0.5) is 0 Å². The third-order valence-corrected chi connectivity index (χ3v) is 7.79. The predicted molar refractivity (Wildman–Crippen MR) is 149 cm³/mol. The second kappa shape index (κ2) is 9.08. The van der Waals surface area contributed by atoms with Crippen LogP contribution in [0, 0.1) is 0 Å². The Balaban J connectivity index is 1.82. The summed E-state index contributed by atoms with van der Waals surface area (Å²) in [4.78, 5) is 0. The number of rotatable bonds is 5. The van der Waals surface area contributed by atoms with Gasteiger partial charge >= 0.3 is 0 Å². The number of hydrogen-bond acceptors (Lipinski definition) is 2. The Morgan fingerprint density at radius 3 is 1.78 bits per heavy atom. The number of halogens is 2. The lowest BCUT2D eigenvalue weighted by Crippen LogP contribution is -2.38. The van der Waals surface area contributed by atoms with Crippen molar-refractivity contribution < 1.29 is 0 Å². The molecule has 0 saturated carbocycles. The molecule has 0 N–H and O–H groups in total. The number of aryl methyl sites for hydroxylation is 1. The molecule has 4 nitrogen and oxygen atoms in total. The van der Waals surface area contributed by atoms with E-state index in [1.807, 2.05) is 43.7 Å². The van der Waals surface area contributed by atoms with Crippen LogP contribution in [0.5, 0.6) is 0 Å². The van der Waals surface area contributed by atoms with Crippen molar-refractivity contribution in [3.8, 4) is 11.3 Å². The van der Waals surface area contributed by atoms with Gasteiger partial charge in [0.05, 0.1) is 16.7 Å². The molecular weight excluding hydrogens is 532 g/mol. The van der Waals surface area contributed by atoms with Crippen LogP contribution in [0.3, 0.4) is 0 Å². The molecule has 0 saturated heterocycles. The van der Waals surface area contributed by atoms with Gasteiger partial charge in [0.15, 0.2) is 0 Å². The van der Waals surface area contributed by atoms with Crippen molar-refractivity contribution in [3.63, 3.8) is 0 Å². The SMILES string of the molecule is Cn1cc(-c2nn(C(c3ccccc3)(c3ccccc3)c3ccccc3)c3cc(Cl)c(Br)cc23)cn1. The number of hydrogen-bond donors (Lipinski definition) is 0. The van der Waals surface area contributed by atoms with Gasteiger partial charge in [0.1, 0.15) is 11.2 Å². The molecule has 0 bridgehead atoms. The van der Waals surface area contributed by atoms with E-state index in [1.165, 1.54) is 0 Å². The fourth-order valence-corrected chi connectivity index (χ4v) is 5.53. The number of benzene rings is 4. The summed E-state index contributed by atoms with van der Waals surface area (Å²) >= 11 is 10.3. The monoisotopic (exact) mass is 552 g/mol. The first kappa shape index (κ1) is 22.8. The van der Waals surface area contributed by atoms with E-state index in [1.54, 1.807) is 4.68 Å². The average Bonchev–Trinajstić information content (AvgIpc) is 3.50. The highest BCUT2D eigenvalue weighted by molar-refractivity contribution is 9.10. The second-order valence-corrected chi connectivity index (χ2v) is 10.0. The van der Waals surface area contributed by atoms with E-state index in [9.17, 15) is 0 Å². The normalized spacial score (nSPS) is 11.8. The lowest BCUT2D eigenvalue weighted by Gasteiger charge is -2.37. The molecule has 0 aliphatic carbocycles. The summed E-state index contributed by atoms with van der Waals surface area (Å²) in [5.41, 5.74) is 5.27. The van der Waals surface area contributed by atoms with E-state index in [0.717, 1.165) is 43.3 Å². The Bertz CT molecular complexity index is 1560. The fourth-order valence-electron chi connectivity index (χ4n) is 5.03. The van der Waals surface area contributed by atoms with Crippen molar-refractivity contribution in [1.29, 1.82) is 0 Å². The molecule has 0 amide bonds. The van der Waals surface area contributed by atoms with Crippen molar-refractivity contribution in [3.05, 3.63) is 142 Å². The van der Waals surface area contributed by atoms with Crippen molar-refractivity contribution in [2.24, 2.45) is 7.05 Å². The minimum atomic E-state index is -0.750. The molecule has 0 radical (unpaired) electrons. The Morgan fingerprint density at radius 1 is 0.778 bits per heavy atom. The van der Waals surface area contributed by atoms with Gasteiger partial charge < -0.3 is 0 Å². The van der Waals surface area contributed by atoms with Crippen LogP contribution in [0.1, 0.15) is 16.7 Å². The van der Waals surface area contributed by atoms with E-state index < -0.39 is 5.54 Å². The third kappa shape index (κ3) is 3.58. The smallest absolute Gasteiger partial charge is 0.138 e. The van der Waals surface area contributed by atoms with Crippen LogP contribution in [-0.2, 0) is 12.6 Å². The molecule has 6 heteroatoms. The highest BCUT2D eigenvalue weighted by Crippen LogP contribution is 2.45. The van der Waals surface area contributed by atoms with Gasteiger partial charge in [-0.15, -0.1) is 0 Å². The molecule has 0 unspecified atom stereocenters. The molecule has 2 heterocycles. The predicted octanol–water partition coefficient (Wildman–Crippen LogP) is 7.69. The molecule has 6 aromatic rings. The highest BCUT2D eigenvalue weighted by atomic mass is 79.9. The highest BCUT2D eigenvalue weighted by Gasteiger charge is 2.41. The molecule has 176 valence electrons. The van der Waals surface area contributed by atoms with Gasteiger partial charge in [-0.25, -0.2) is 4.68 Å². The number of aromatic nitrogens is 4. The zero-order valence-corrected chi connectivity index (χ0v) is 21.9. The molecular formula is C30H22BrClN4.